The van der Waals surface area contributed by atoms with E-state index < -0.39 is 0 Å². The Morgan fingerprint density at radius 2 is 2.40 bits per heavy atom. The van der Waals surface area contributed by atoms with Gasteiger partial charge in [0, 0.05) is 23.1 Å². The molecule has 3 rings (SSSR count). The third-order valence-corrected chi connectivity index (χ3v) is 4.22. The second kappa shape index (κ2) is 5.60. The van der Waals surface area contributed by atoms with Crippen LogP contribution in [0.5, 0.6) is 5.75 Å². The molecule has 1 aliphatic heterocycles. The minimum atomic E-state index is 0.566. The number of rotatable bonds is 4. The van der Waals surface area contributed by atoms with Crippen molar-refractivity contribution < 1.29 is 4.74 Å². The number of ether oxygens (including phenoxy) is 1. The lowest BCUT2D eigenvalue weighted by molar-refractivity contribution is 0.284. The topological polar surface area (TPSA) is 28.3 Å². The van der Waals surface area contributed by atoms with Crippen LogP contribution in [0.15, 0.2) is 24.4 Å². The zero-order chi connectivity index (χ0) is 13.9. The van der Waals surface area contributed by atoms with Crippen molar-refractivity contribution in [1.82, 2.24) is 9.88 Å². The average Bonchev–Trinajstić information content (AvgIpc) is 3.07. The standard InChI is InChI=1S/C17H20N2O/c1-3-8-19-9-4-5-14(19)10-13-12-18-17-7-6-15(20-2)11-16(13)17/h1,6-7,11-12,14,18H,4-5,8-10H2,2H3. The zero-order valence-corrected chi connectivity index (χ0v) is 11.9. The molecule has 0 spiro atoms. The van der Waals surface area contributed by atoms with Gasteiger partial charge >= 0.3 is 0 Å². The Hall–Kier alpha value is -1.92. The van der Waals surface area contributed by atoms with E-state index in [-0.39, 0.29) is 0 Å². The molecule has 20 heavy (non-hydrogen) atoms. The molecule has 104 valence electrons. The van der Waals surface area contributed by atoms with Crippen LogP contribution in [0.25, 0.3) is 10.9 Å². The van der Waals surface area contributed by atoms with Crippen LogP contribution in [0.3, 0.4) is 0 Å². The highest BCUT2D eigenvalue weighted by Crippen LogP contribution is 2.27. The number of methoxy groups -OCH3 is 1. The fourth-order valence-corrected chi connectivity index (χ4v) is 3.16. The number of terminal acetylenes is 1. The maximum atomic E-state index is 5.46. The van der Waals surface area contributed by atoms with E-state index in [0.29, 0.717) is 6.04 Å². The normalized spacial score (nSPS) is 19.3. The second-order valence-electron chi connectivity index (χ2n) is 5.40. The molecule has 2 heterocycles. The Morgan fingerprint density at radius 1 is 1.50 bits per heavy atom. The number of fused-ring (bicyclic) bond motifs is 1. The van der Waals surface area contributed by atoms with Gasteiger partial charge in [0.1, 0.15) is 5.75 Å². The summed E-state index contributed by atoms with van der Waals surface area (Å²) in [5.74, 6) is 3.68. The van der Waals surface area contributed by atoms with E-state index in [4.69, 9.17) is 11.2 Å². The zero-order valence-electron chi connectivity index (χ0n) is 11.9. The number of aromatic amines is 1. The van der Waals surface area contributed by atoms with Gasteiger partial charge in [0.15, 0.2) is 0 Å². The number of nitrogens with one attached hydrogen (secondary N) is 1. The van der Waals surface area contributed by atoms with Crippen molar-refractivity contribution >= 4 is 10.9 Å². The first kappa shape index (κ1) is 13.1. The summed E-state index contributed by atoms with van der Waals surface area (Å²) >= 11 is 0. The molecule has 0 amide bonds. The van der Waals surface area contributed by atoms with Gasteiger partial charge in [-0.1, -0.05) is 5.92 Å². The molecule has 1 aliphatic rings. The Morgan fingerprint density at radius 3 is 3.20 bits per heavy atom. The Kier molecular flexibility index (Phi) is 3.66. The Bertz CT molecular complexity index is 638. The highest BCUT2D eigenvalue weighted by Gasteiger charge is 2.24. The van der Waals surface area contributed by atoms with E-state index >= 15 is 0 Å². The van der Waals surface area contributed by atoms with Crippen molar-refractivity contribution in [2.75, 3.05) is 20.2 Å². The van der Waals surface area contributed by atoms with Crippen LogP contribution in [0.2, 0.25) is 0 Å². The summed E-state index contributed by atoms with van der Waals surface area (Å²) in [5.41, 5.74) is 2.52. The number of likely N-dealkylation sites (tertiary alicyclic amines) is 1. The summed E-state index contributed by atoms with van der Waals surface area (Å²) < 4.78 is 5.33. The third kappa shape index (κ3) is 2.39. The summed E-state index contributed by atoms with van der Waals surface area (Å²) in [7, 11) is 1.71. The maximum absolute atomic E-state index is 5.46. The van der Waals surface area contributed by atoms with Crippen LogP contribution in [-0.2, 0) is 6.42 Å². The summed E-state index contributed by atoms with van der Waals surface area (Å²) in [5, 5.41) is 1.26. The molecule has 1 unspecified atom stereocenters. The molecule has 0 saturated carbocycles. The monoisotopic (exact) mass is 268 g/mol. The molecule has 1 aromatic carbocycles. The number of hydrogen-bond acceptors (Lipinski definition) is 2. The minimum Gasteiger partial charge on any atom is -0.497 e. The lowest BCUT2D eigenvalue weighted by Crippen LogP contribution is -2.31. The van der Waals surface area contributed by atoms with Crippen LogP contribution < -0.4 is 4.74 Å². The van der Waals surface area contributed by atoms with Crippen molar-refractivity contribution in [1.29, 1.82) is 0 Å². The quantitative estimate of drug-likeness (QED) is 0.864. The molecule has 0 radical (unpaired) electrons. The smallest absolute Gasteiger partial charge is 0.119 e. The Balaban J connectivity index is 1.85. The second-order valence-corrected chi connectivity index (χ2v) is 5.40. The van der Waals surface area contributed by atoms with Gasteiger partial charge in [0.05, 0.1) is 13.7 Å². The van der Waals surface area contributed by atoms with E-state index in [0.717, 1.165) is 25.3 Å². The van der Waals surface area contributed by atoms with Crippen molar-refractivity contribution in [3.8, 4) is 18.1 Å². The molecule has 3 heteroatoms. The van der Waals surface area contributed by atoms with Crippen LogP contribution in [0.1, 0.15) is 18.4 Å². The first-order valence-corrected chi connectivity index (χ1v) is 7.13. The first-order chi connectivity index (χ1) is 9.81. The molecule has 0 aliphatic carbocycles. The van der Waals surface area contributed by atoms with Crippen LogP contribution >= 0.6 is 0 Å². The van der Waals surface area contributed by atoms with Gasteiger partial charge in [-0.2, -0.15) is 0 Å². The number of aromatic nitrogens is 1. The fraction of sp³-hybridized carbons (Fsp3) is 0.412. The van der Waals surface area contributed by atoms with E-state index in [1.807, 2.05) is 6.07 Å². The predicted molar refractivity (Wildman–Crippen MR) is 82.0 cm³/mol. The molecule has 1 saturated heterocycles. The molecule has 1 fully saturated rings. The van der Waals surface area contributed by atoms with Gasteiger partial charge in [-0.25, -0.2) is 0 Å². The van der Waals surface area contributed by atoms with Crippen LogP contribution in [0.4, 0.5) is 0 Å². The summed E-state index contributed by atoms with van der Waals surface area (Å²) in [6, 6.07) is 6.74. The van der Waals surface area contributed by atoms with Gasteiger partial charge in [0.2, 0.25) is 0 Å². The SMILES string of the molecule is C#CCN1CCCC1Cc1c[nH]c2ccc(OC)cc12. The van der Waals surface area contributed by atoms with Gasteiger partial charge in [0.25, 0.3) is 0 Å². The lowest BCUT2D eigenvalue weighted by atomic mass is 10.0. The molecule has 2 aromatic rings. The molecule has 0 bridgehead atoms. The van der Waals surface area contributed by atoms with E-state index in [2.05, 4.69) is 34.1 Å². The molecule has 3 nitrogen and oxygen atoms in total. The average molecular weight is 268 g/mol. The van der Waals surface area contributed by atoms with E-state index in [1.54, 1.807) is 7.11 Å². The molecule has 1 N–H and O–H groups in total. The van der Waals surface area contributed by atoms with Crippen molar-refractivity contribution in [2.24, 2.45) is 0 Å². The molecule has 1 atom stereocenters. The maximum Gasteiger partial charge on any atom is 0.119 e. The van der Waals surface area contributed by atoms with Crippen molar-refractivity contribution in [3.63, 3.8) is 0 Å². The van der Waals surface area contributed by atoms with Gasteiger partial charge in [-0.05, 0) is 49.6 Å². The highest BCUT2D eigenvalue weighted by molar-refractivity contribution is 5.84. The lowest BCUT2D eigenvalue weighted by Gasteiger charge is -2.21. The van der Waals surface area contributed by atoms with Gasteiger partial charge in [-0.3, -0.25) is 4.90 Å². The third-order valence-electron chi connectivity index (χ3n) is 4.22. The number of hydrogen-bond donors (Lipinski definition) is 1. The number of benzene rings is 1. The first-order valence-electron chi connectivity index (χ1n) is 7.13. The largest absolute Gasteiger partial charge is 0.497 e. The number of nitrogens with zero attached hydrogens (tertiary/aromatic N) is 1. The van der Waals surface area contributed by atoms with Crippen molar-refractivity contribution in [3.05, 3.63) is 30.0 Å². The van der Waals surface area contributed by atoms with Crippen LogP contribution in [-0.4, -0.2) is 36.1 Å². The molecular weight excluding hydrogens is 248 g/mol. The molecule has 1 aromatic heterocycles. The van der Waals surface area contributed by atoms with E-state index in [9.17, 15) is 0 Å². The fourth-order valence-electron chi connectivity index (χ4n) is 3.16. The van der Waals surface area contributed by atoms with E-state index in [1.165, 1.54) is 29.3 Å². The minimum absolute atomic E-state index is 0.566. The van der Waals surface area contributed by atoms with Crippen LogP contribution in [0, 0.1) is 12.3 Å². The van der Waals surface area contributed by atoms with Gasteiger partial charge in [-0.15, -0.1) is 6.42 Å². The summed E-state index contributed by atoms with van der Waals surface area (Å²) in [6.45, 7) is 1.89. The number of H-pyrrole nitrogens is 1. The predicted octanol–water partition coefficient (Wildman–Crippen LogP) is 2.82. The van der Waals surface area contributed by atoms with Crippen molar-refractivity contribution in [2.45, 2.75) is 25.3 Å². The highest BCUT2D eigenvalue weighted by atomic mass is 16.5. The summed E-state index contributed by atoms with van der Waals surface area (Å²) in [4.78, 5) is 5.76. The molecular formula is C17H20N2O. The van der Waals surface area contributed by atoms with Gasteiger partial charge < -0.3 is 9.72 Å². The summed E-state index contributed by atoms with van der Waals surface area (Å²) in [6.07, 6.45) is 11.1. The Labute approximate surface area is 119 Å².